The monoisotopic (exact) mass is 194 g/mol. The Morgan fingerprint density at radius 2 is 2.31 bits per heavy atom. The first-order chi connectivity index (χ1) is 6.37. The minimum absolute atomic E-state index is 0.369. The molecule has 5 heteroatoms. The molecule has 0 aromatic carbocycles. The normalized spacial score (nSPS) is 20.8. The van der Waals surface area contributed by atoms with Gasteiger partial charge >= 0.3 is 0 Å². The zero-order chi connectivity index (χ0) is 9.15. The van der Waals surface area contributed by atoms with E-state index in [1.54, 1.807) is 0 Å². The van der Waals surface area contributed by atoms with Crippen molar-refractivity contribution in [2.24, 2.45) is 0 Å². The highest BCUT2D eigenvalue weighted by atomic mass is 32.1. The van der Waals surface area contributed by atoms with Crippen LogP contribution in [-0.4, -0.2) is 22.4 Å². The Hall–Kier alpha value is -0.990. The Balaban J connectivity index is 2.30. The minimum atomic E-state index is -0.369. The number of piperidine rings is 1. The van der Waals surface area contributed by atoms with Gasteiger partial charge in [0.25, 0.3) is 0 Å². The Morgan fingerprint density at radius 3 is 2.85 bits per heavy atom. The van der Waals surface area contributed by atoms with Crippen LogP contribution in [0.5, 0.6) is 0 Å². The standard InChI is InChI=1S/C8H10N4S/c9-5-8(1-3-10-4-2-8)7-11-6-12-13-7/h6,10H,1-4H2. The summed E-state index contributed by atoms with van der Waals surface area (Å²) in [7, 11) is 0. The van der Waals surface area contributed by atoms with Crippen LogP contribution in [0.25, 0.3) is 0 Å². The molecule has 2 rings (SSSR count). The molecule has 1 N–H and O–H groups in total. The van der Waals surface area contributed by atoms with Crippen LogP contribution in [0, 0.1) is 11.3 Å². The second-order valence-corrected chi connectivity index (χ2v) is 3.97. The lowest BCUT2D eigenvalue weighted by Crippen LogP contribution is -2.38. The molecule has 1 aromatic heterocycles. The molecule has 1 saturated heterocycles. The van der Waals surface area contributed by atoms with Crippen LogP contribution in [0.2, 0.25) is 0 Å². The molecule has 0 spiro atoms. The summed E-state index contributed by atoms with van der Waals surface area (Å²) in [4.78, 5) is 4.14. The average Bonchev–Trinajstić information content (AvgIpc) is 2.72. The van der Waals surface area contributed by atoms with Crippen molar-refractivity contribution >= 4 is 11.5 Å². The van der Waals surface area contributed by atoms with E-state index in [1.165, 1.54) is 17.9 Å². The van der Waals surface area contributed by atoms with E-state index < -0.39 is 0 Å². The first-order valence-corrected chi connectivity index (χ1v) is 5.04. The quantitative estimate of drug-likeness (QED) is 0.714. The number of nitrogens with one attached hydrogen (secondary N) is 1. The molecule has 0 aliphatic carbocycles. The van der Waals surface area contributed by atoms with E-state index in [2.05, 4.69) is 20.7 Å². The van der Waals surface area contributed by atoms with Gasteiger partial charge in [-0.3, -0.25) is 0 Å². The third kappa shape index (κ3) is 1.43. The molecule has 1 fully saturated rings. The van der Waals surface area contributed by atoms with Crippen molar-refractivity contribution in [3.05, 3.63) is 11.3 Å². The highest BCUT2D eigenvalue weighted by molar-refractivity contribution is 7.05. The predicted octanol–water partition coefficient (Wildman–Crippen LogP) is 0.683. The number of nitrogens with zero attached hydrogens (tertiary/aromatic N) is 3. The largest absolute Gasteiger partial charge is 0.317 e. The fraction of sp³-hybridized carbons (Fsp3) is 0.625. The molecular formula is C8H10N4S. The first kappa shape index (κ1) is 8.60. The summed E-state index contributed by atoms with van der Waals surface area (Å²) in [5.74, 6) is 0. The van der Waals surface area contributed by atoms with Crippen molar-refractivity contribution in [3.8, 4) is 6.07 Å². The maximum absolute atomic E-state index is 9.17. The minimum Gasteiger partial charge on any atom is -0.317 e. The number of rotatable bonds is 1. The first-order valence-electron chi connectivity index (χ1n) is 4.26. The zero-order valence-electron chi connectivity index (χ0n) is 7.16. The molecule has 0 saturated carbocycles. The van der Waals surface area contributed by atoms with Crippen molar-refractivity contribution in [2.45, 2.75) is 18.3 Å². The molecular weight excluding hydrogens is 184 g/mol. The molecule has 13 heavy (non-hydrogen) atoms. The van der Waals surface area contributed by atoms with Crippen LogP contribution in [0.1, 0.15) is 17.8 Å². The Labute approximate surface area is 80.8 Å². The Bertz CT molecular complexity index is 307. The second kappa shape index (κ2) is 3.40. The van der Waals surface area contributed by atoms with Crippen LogP contribution in [0.15, 0.2) is 6.33 Å². The van der Waals surface area contributed by atoms with Gasteiger partial charge in [-0.05, 0) is 37.5 Å². The summed E-state index contributed by atoms with van der Waals surface area (Å²) in [5, 5.41) is 13.3. The van der Waals surface area contributed by atoms with Crippen LogP contribution in [0.4, 0.5) is 0 Å². The molecule has 0 radical (unpaired) electrons. The maximum Gasteiger partial charge on any atom is 0.134 e. The molecule has 0 unspecified atom stereocenters. The SMILES string of the molecule is N#CC1(c2ncns2)CCNCC1. The summed E-state index contributed by atoms with van der Waals surface area (Å²) >= 11 is 1.34. The van der Waals surface area contributed by atoms with E-state index in [4.69, 9.17) is 0 Å². The molecule has 0 atom stereocenters. The van der Waals surface area contributed by atoms with E-state index in [0.29, 0.717) is 0 Å². The van der Waals surface area contributed by atoms with Gasteiger partial charge in [0.2, 0.25) is 0 Å². The summed E-state index contributed by atoms with van der Waals surface area (Å²) in [5.41, 5.74) is -0.369. The summed E-state index contributed by atoms with van der Waals surface area (Å²) in [6, 6.07) is 2.39. The fourth-order valence-electron chi connectivity index (χ4n) is 1.61. The van der Waals surface area contributed by atoms with Gasteiger partial charge < -0.3 is 5.32 Å². The van der Waals surface area contributed by atoms with Crippen LogP contribution < -0.4 is 5.32 Å². The Morgan fingerprint density at radius 1 is 1.54 bits per heavy atom. The van der Waals surface area contributed by atoms with Gasteiger partial charge in [0.15, 0.2) is 0 Å². The number of nitriles is 1. The van der Waals surface area contributed by atoms with Gasteiger partial charge in [-0.15, -0.1) is 0 Å². The highest BCUT2D eigenvalue weighted by Crippen LogP contribution is 2.32. The third-order valence-corrected chi connectivity index (χ3v) is 3.31. The van der Waals surface area contributed by atoms with Crippen molar-refractivity contribution < 1.29 is 0 Å². The van der Waals surface area contributed by atoms with E-state index in [-0.39, 0.29) is 5.41 Å². The van der Waals surface area contributed by atoms with Gasteiger partial charge in [-0.25, -0.2) is 4.98 Å². The number of hydrogen-bond donors (Lipinski definition) is 1. The summed E-state index contributed by atoms with van der Waals surface area (Å²) < 4.78 is 3.95. The molecule has 68 valence electrons. The summed E-state index contributed by atoms with van der Waals surface area (Å²) in [6.07, 6.45) is 3.22. The van der Waals surface area contributed by atoms with Crippen molar-refractivity contribution in [3.63, 3.8) is 0 Å². The van der Waals surface area contributed by atoms with Crippen LogP contribution in [0.3, 0.4) is 0 Å². The van der Waals surface area contributed by atoms with Crippen molar-refractivity contribution in [1.29, 1.82) is 5.26 Å². The molecule has 1 aromatic rings. The zero-order valence-corrected chi connectivity index (χ0v) is 7.97. The number of hydrogen-bond acceptors (Lipinski definition) is 5. The van der Waals surface area contributed by atoms with Gasteiger partial charge in [-0.2, -0.15) is 9.64 Å². The van der Waals surface area contributed by atoms with Gasteiger partial charge in [0.05, 0.1) is 6.07 Å². The van der Waals surface area contributed by atoms with Crippen molar-refractivity contribution in [1.82, 2.24) is 14.7 Å². The van der Waals surface area contributed by atoms with Gasteiger partial charge in [-0.1, -0.05) is 0 Å². The lowest BCUT2D eigenvalue weighted by atomic mass is 9.81. The molecule has 0 bridgehead atoms. The summed E-state index contributed by atoms with van der Waals surface area (Å²) in [6.45, 7) is 1.79. The smallest absolute Gasteiger partial charge is 0.134 e. The third-order valence-electron chi connectivity index (χ3n) is 2.44. The predicted molar refractivity (Wildman–Crippen MR) is 49.3 cm³/mol. The molecule has 0 amide bonds. The van der Waals surface area contributed by atoms with E-state index in [1.807, 2.05) is 0 Å². The van der Waals surface area contributed by atoms with E-state index >= 15 is 0 Å². The molecule has 1 aliphatic rings. The topological polar surface area (TPSA) is 61.6 Å². The molecule has 1 aliphatic heterocycles. The van der Waals surface area contributed by atoms with Crippen LogP contribution in [-0.2, 0) is 5.41 Å². The lowest BCUT2D eigenvalue weighted by molar-refractivity contribution is 0.381. The van der Waals surface area contributed by atoms with E-state index in [0.717, 1.165) is 30.9 Å². The molecule has 2 heterocycles. The molecule has 4 nitrogen and oxygen atoms in total. The van der Waals surface area contributed by atoms with Gasteiger partial charge in [0, 0.05) is 0 Å². The lowest BCUT2D eigenvalue weighted by Gasteiger charge is -2.28. The maximum atomic E-state index is 9.17. The highest BCUT2D eigenvalue weighted by Gasteiger charge is 2.36. The number of aromatic nitrogens is 2. The van der Waals surface area contributed by atoms with Crippen LogP contribution >= 0.6 is 11.5 Å². The van der Waals surface area contributed by atoms with E-state index in [9.17, 15) is 5.26 Å². The van der Waals surface area contributed by atoms with Crippen molar-refractivity contribution in [2.75, 3.05) is 13.1 Å². The fourth-order valence-corrected chi connectivity index (χ4v) is 2.32. The second-order valence-electron chi connectivity index (χ2n) is 3.19. The average molecular weight is 194 g/mol. The van der Waals surface area contributed by atoms with Gasteiger partial charge in [0.1, 0.15) is 16.7 Å². The Kier molecular flexibility index (Phi) is 2.25.